The molecule has 64 valence electrons. The highest BCUT2D eigenvalue weighted by molar-refractivity contribution is 6.15. The second-order valence-corrected chi connectivity index (χ2v) is 3.07. The highest BCUT2D eigenvalue weighted by atomic mass is 16.7. The summed E-state index contributed by atoms with van der Waals surface area (Å²) in [6.07, 6.45) is 1.17. The van der Waals surface area contributed by atoms with E-state index < -0.39 is 17.4 Å². The second-order valence-electron chi connectivity index (χ2n) is 3.07. The van der Waals surface area contributed by atoms with Crippen LogP contribution in [0, 0.1) is 5.41 Å². The number of carbonyl (C=O) groups is 2. The van der Waals surface area contributed by atoms with Gasteiger partial charge in [-0.1, -0.05) is 5.16 Å². The van der Waals surface area contributed by atoms with Crippen LogP contribution in [-0.2, 0) is 14.4 Å². The first-order valence-corrected chi connectivity index (χ1v) is 3.66. The standard InChI is InChI=1S/C7H7NO4/c9-5-3-4(8-12-5)7(1-2-7)6(10)11/h1-3H2,(H,10,11). The molecule has 5 nitrogen and oxygen atoms in total. The predicted molar refractivity (Wildman–Crippen MR) is 37.4 cm³/mol. The predicted octanol–water partition coefficient (Wildman–Crippen LogP) is 0.154. The summed E-state index contributed by atoms with van der Waals surface area (Å²) in [7, 11) is 0. The van der Waals surface area contributed by atoms with Crippen LogP contribution in [0.2, 0.25) is 0 Å². The molecule has 12 heavy (non-hydrogen) atoms. The van der Waals surface area contributed by atoms with Crippen LogP contribution in [0.25, 0.3) is 0 Å². The van der Waals surface area contributed by atoms with Gasteiger partial charge in [0.1, 0.15) is 5.41 Å². The lowest BCUT2D eigenvalue weighted by Crippen LogP contribution is -2.24. The minimum absolute atomic E-state index is 0.0340. The van der Waals surface area contributed by atoms with Gasteiger partial charge >= 0.3 is 11.9 Å². The SMILES string of the molecule is O=C1CC(C2(C(=O)O)CC2)=NO1. The van der Waals surface area contributed by atoms with E-state index in [2.05, 4.69) is 9.99 Å². The quantitative estimate of drug-likeness (QED) is 0.597. The highest BCUT2D eigenvalue weighted by Gasteiger charge is 2.56. The Balaban J connectivity index is 2.20. The molecule has 0 spiro atoms. The van der Waals surface area contributed by atoms with Gasteiger partial charge in [0.05, 0.1) is 12.1 Å². The van der Waals surface area contributed by atoms with Gasteiger partial charge in [0.2, 0.25) is 0 Å². The maximum atomic E-state index is 10.7. The van der Waals surface area contributed by atoms with Crippen molar-refractivity contribution >= 4 is 17.7 Å². The maximum Gasteiger partial charge on any atom is 0.340 e. The van der Waals surface area contributed by atoms with Gasteiger partial charge in [-0.3, -0.25) is 4.79 Å². The van der Waals surface area contributed by atoms with Gasteiger partial charge in [-0.25, -0.2) is 4.79 Å². The summed E-state index contributed by atoms with van der Waals surface area (Å²) >= 11 is 0. The van der Waals surface area contributed by atoms with Crippen molar-refractivity contribution in [2.45, 2.75) is 19.3 Å². The lowest BCUT2D eigenvalue weighted by atomic mass is 9.98. The van der Waals surface area contributed by atoms with E-state index in [1.807, 2.05) is 0 Å². The molecule has 1 aliphatic carbocycles. The first-order valence-electron chi connectivity index (χ1n) is 3.66. The Morgan fingerprint density at radius 3 is 2.58 bits per heavy atom. The molecule has 5 heteroatoms. The van der Waals surface area contributed by atoms with E-state index >= 15 is 0 Å². The number of hydrogen-bond donors (Lipinski definition) is 1. The van der Waals surface area contributed by atoms with Crippen LogP contribution in [0.5, 0.6) is 0 Å². The molecule has 1 saturated carbocycles. The number of hydrogen-bond acceptors (Lipinski definition) is 4. The molecule has 2 rings (SSSR count). The van der Waals surface area contributed by atoms with E-state index in [-0.39, 0.29) is 6.42 Å². The fourth-order valence-electron chi connectivity index (χ4n) is 1.31. The molecule has 0 amide bonds. The third kappa shape index (κ3) is 0.823. The smallest absolute Gasteiger partial charge is 0.340 e. The third-order valence-electron chi connectivity index (χ3n) is 2.28. The van der Waals surface area contributed by atoms with Crippen molar-refractivity contribution in [3.63, 3.8) is 0 Å². The molecule has 0 aromatic heterocycles. The molecule has 0 unspecified atom stereocenters. The summed E-state index contributed by atoms with van der Waals surface area (Å²) in [5.74, 6) is -1.36. The molecule has 0 radical (unpaired) electrons. The second kappa shape index (κ2) is 2.06. The normalized spacial score (nSPS) is 24.7. The van der Waals surface area contributed by atoms with E-state index in [1.54, 1.807) is 0 Å². The van der Waals surface area contributed by atoms with Crippen LogP contribution < -0.4 is 0 Å². The lowest BCUT2D eigenvalue weighted by Gasteiger charge is -2.04. The zero-order valence-electron chi connectivity index (χ0n) is 6.24. The first-order chi connectivity index (χ1) is 5.65. The van der Waals surface area contributed by atoms with Gasteiger partial charge in [0.15, 0.2) is 0 Å². The van der Waals surface area contributed by atoms with E-state index in [0.29, 0.717) is 18.6 Å². The summed E-state index contributed by atoms with van der Waals surface area (Å²) in [6.45, 7) is 0. The molecular formula is C7H7NO4. The largest absolute Gasteiger partial charge is 0.481 e. The van der Waals surface area contributed by atoms with Crippen LogP contribution in [0.4, 0.5) is 0 Å². The molecule has 0 saturated heterocycles. The van der Waals surface area contributed by atoms with E-state index in [0.717, 1.165) is 0 Å². The Hall–Kier alpha value is -1.39. The molecule has 1 N–H and O–H groups in total. The van der Waals surface area contributed by atoms with Crippen molar-refractivity contribution < 1.29 is 19.5 Å². The summed E-state index contributed by atoms with van der Waals surface area (Å²) in [5, 5.41) is 12.3. The van der Waals surface area contributed by atoms with Crippen molar-refractivity contribution in [1.29, 1.82) is 0 Å². The number of carboxylic acid groups (broad SMARTS) is 1. The van der Waals surface area contributed by atoms with Crippen molar-refractivity contribution in [2.24, 2.45) is 10.6 Å². The zero-order chi connectivity index (χ0) is 8.77. The van der Waals surface area contributed by atoms with Crippen LogP contribution in [0.15, 0.2) is 5.16 Å². The molecule has 1 fully saturated rings. The number of carboxylic acids is 1. The topological polar surface area (TPSA) is 76.0 Å². The van der Waals surface area contributed by atoms with Crippen LogP contribution in [0.3, 0.4) is 0 Å². The minimum atomic E-state index is -0.903. The Morgan fingerprint density at radius 2 is 2.25 bits per heavy atom. The molecule has 0 aromatic rings. The Kier molecular flexibility index (Phi) is 1.25. The minimum Gasteiger partial charge on any atom is -0.481 e. The fraction of sp³-hybridized carbons (Fsp3) is 0.571. The summed E-state index contributed by atoms with van der Waals surface area (Å²) in [4.78, 5) is 25.7. The molecule has 1 aliphatic heterocycles. The van der Waals surface area contributed by atoms with Gasteiger partial charge in [-0.15, -0.1) is 0 Å². The molecule has 0 bridgehead atoms. The maximum absolute atomic E-state index is 10.7. The van der Waals surface area contributed by atoms with Gasteiger partial charge in [0.25, 0.3) is 0 Å². The molecule has 1 heterocycles. The van der Waals surface area contributed by atoms with Crippen LogP contribution >= 0.6 is 0 Å². The van der Waals surface area contributed by atoms with Crippen molar-refractivity contribution in [3.8, 4) is 0 Å². The van der Waals surface area contributed by atoms with E-state index in [4.69, 9.17) is 5.11 Å². The van der Waals surface area contributed by atoms with Gasteiger partial charge in [-0.05, 0) is 12.8 Å². The average molecular weight is 169 g/mol. The number of nitrogens with zero attached hydrogens (tertiary/aromatic N) is 1. The fourth-order valence-corrected chi connectivity index (χ4v) is 1.31. The number of rotatable bonds is 2. The summed E-state index contributed by atoms with van der Waals surface area (Å²) in [5.41, 5.74) is -0.494. The molecule has 0 aromatic carbocycles. The van der Waals surface area contributed by atoms with Gasteiger partial charge < -0.3 is 9.94 Å². The van der Waals surface area contributed by atoms with Gasteiger partial charge in [0, 0.05) is 0 Å². The number of aliphatic carboxylic acids is 1. The van der Waals surface area contributed by atoms with Crippen LogP contribution in [0.1, 0.15) is 19.3 Å². The number of carbonyl (C=O) groups excluding carboxylic acids is 1. The monoisotopic (exact) mass is 169 g/mol. The zero-order valence-corrected chi connectivity index (χ0v) is 6.24. The molecular weight excluding hydrogens is 162 g/mol. The summed E-state index contributed by atoms with van der Waals surface area (Å²) in [6, 6.07) is 0. The molecule has 2 aliphatic rings. The van der Waals surface area contributed by atoms with Crippen molar-refractivity contribution in [3.05, 3.63) is 0 Å². The van der Waals surface area contributed by atoms with Crippen LogP contribution in [-0.4, -0.2) is 22.8 Å². The third-order valence-corrected chi connectivity index (χ3v) is 2.28. The first kappa shape index (κ1) is 7.27. The lowest BCUT2D eigenvalue weighted by molar-refractivity contribution is -0.141. The average Bonchev–Trinajstić information content (AvgIpc) is 2.71. The Labute approximate surface area is 68.0 Å². The van der Waals surface area contributed by atoms with Crippen molar-refractivity contribution in [1.82, 2.24) is 0 Å². The molecule has 0 atom stereocenters. The van der Waals surface area contributed by atoms with E-state index in [1.165, 1.54) is 0 Å². The Morgan fingerprint density at radius 1 is 1.58 bits per heavy atom. The van der Waals surface area contributed by atoms with Gasteiger partial charge in [-0.2, -0.15) is 0 Å². The summed E-state index contributed by atoms with van der Waals surface area (Å²) < 4.78 is 0. The highest BCUT2D eigenvalue weighted by Crippen LogP contribution is 2.49. The van der Waals surface area contributed by atoms with E-state index in [9.17, 15) is 9.59 Å². The number of oxime groups is 1. The van der Waals surface area contributed by atoms with Crippen molar-refractivity contribution in [2.75, 3.05) is 0 Å². The Bertz CT molecular complexity index is 290.